The van der Waals surface area contributed by atoms with E-state index in [1.165, 1.54) is 18.3 Å². The third-order valence-corrected chi connectivity index (χ3v) is 2.71. The van der Waals surface area contributed by atoms with Crippen molar-refractivity contribution < 1.29 is 12.7 Å². The highest BCUT2D eigenvalue weighted by Gasteiger charge is 2.22. The maximum atomic E-state index is 11.4. The molecule has 0 radical (unpaired) electrons. The van der Waals surface area contributed by atoms with Gasteiger partial charge in [0.05, 0.1) is 6.54 Å². The third kappa shape index (κ3) is 2.75. The lowest BCUT2D eigenvalue weighted by molar-refractivity contribution is 0.331. The van der Waals surface area contributed by atoms with Gasteiger partial charge in [0.2, 0.25) is 0 Å². The number of nitrogens with zero attached hydrogens (tertiary/aromatic N) is 2. The molecular formula is C8H11N3O3S. The monoisotopic (exact) mass is 229 g/mol. The van der Waals surface area contributed by atoms with Crippen molar-refractivity contribution in [1.82, 2.24) is 4.98 Å². The number of hydrogen-bond donors (Lipinski definition) is 1. The van der Waals surface area contributed by atoms with Crippen LogP contribution in [0.2, 0.25) is 0 Å². The number of aromatic nitrogens is 1. The fourth-order valence-corrected chi connectivity index (χ4v) is 1.70. The molecule has 2 N–H and O–H groups in total. The van der Waals surface area contributed by atoms with E-state index in [2.05, 4.69) is 21.7 Å². The minimum Gasteiger partial charge on any atom is -0.238 e. The van der Waals surface area contributed by atoms with Crippen LogP contribution >= 0.6 is 0 Å². The van der Waals surface area contributed by atoms with Crippen molar-refractivity contribution in [3.8, 4) is 0 Å². The van der Waals surface area contributed by atoms with Gasteiger partial charge in [-0.3, -0.25) is 0 Å². The molecule has 0 saturated carbocycles. The Bertz CT molecular complexity index is 418. The number of hydrogen-bond acceptors (Lipinski definition) is 5. The second-order valence-electron chi connectivity index (χ2n) is 2.56. The molecule has 82 valence electrons. The van der Waals surface area contributed by atoms with Crippen molar-refractivity contribution in [3.63, 3.8) is 0 Å². The van der Waals surface area contributed by atoms with Crippen molar-refractivity contribution in [1.29, 1.82) is 0 Å². The zero-order chi connectivity index (χ0) is 11.3. The molecular weight excluding hydrogens is 218 g/mol. The smallest absolute Gasteiger partial charge is 0.238 e. The molecule has 0 aromatic carbocycles. The molecule has 0 aliphatic carbocycles. The van der Waals surface area contributed by atoms with E-state index in [0.717, 1.165) is 4.31 Å². The van der Waals surface area contributed by atoms with Gasteiger partial charge in [-0.05, 0) is 12.1 Å². The second kappa shape index (κ2) is 4.87. The van der Waals surface area contributed by atoms with Crippen LogP contribution in [0.1, 0.15) is 0 Å². The molecule has 0 amide bonds. The fourth-order valence-electron chi connectivity index (χ4n) is 0.970. The van der Waals surface area contributed by atoms with Crippen molar-refractivity contribution in [2.24, 2.45) is 5.90 Å². The van der Waals surface area contributed by atoms with Crippen molar-refractivity contribution >= 4 is 16.1 Å². The highest BCUT2D eigenvalue weighted by molar-refractivity contribution is 7.88. The van der Waals surface area contributed by atoms with Gasteiger partial charge in [0, 0.05) is 6.20 Å². The molecule has 1 rings (SSSR count). The first-order valence-corrected chi connectivity index (χ1v) is 5.41. The van der Waals surface area contributed by atoms with Gasteiger partial charge in [0.15, 0.2) is 0 Å². The van der Waals surface area contributed by atoms with Gasteiger partial charge in [0.25, 0.3) is 0 Å². The molecule has 0 aliphatic heterocycles. The molecule has 0 unspecified atom stereocenters. The van der Waals surface area contributed by atoms with Crippen LogP contribution in [0.25, 0.3) is 0 Å². The minimum atomic E-state index is -4.00. The van der Waals surface area contributed by atoms with Gasteiger partial charge in [-0.1, -0.05) is 12.1 Å². The first-order chi connectivity index (χ1) is 7.11. The Kier molecular flexibility index (Phi) is 3.78. The Hall–Kier alpha value is -1.44. The second-order valence-corrected chi connectivity index (χ2v) is 4.05. The minimum absolute atomic E-state index is 0.0382. The molecule has 1 heterocycles. The molecule has 0 aliphatic rings. The van der Waals surface area contributed by atoms with Crippen molar-refractivity contribution in [2.75, 3.05) is 10.8 Å². The SMILES string of the molecule is C=CCN(c1ccccn1)S(=O)(=O)ON. The summed E-state index contributed by atoms with van der Waals surface area (Å²) in [7, 11) is -4.00. The Balaban J connectivity index is 3.09. The molecule has 1 aromatic heterocycles. The van der Waals surface area contributed by atoms with Crippen LogP contribution in [0.15, 0.2) is 37.1 Å². The summed E-state index contributed by atoms with van der Waals surface area (Å²) in [5.74, 6) is 4.91. The first-order valence-electron chi connectivity index (χ1n) is 4.05. The lowest BCUT2D eigenvalue weighted by Crippen LogP contribution is -2.34. The summed E-state index contributed by atoms with van der Waals surface area (Å²) in [6, 6.07) is 4.86. The van der Waals surface area contributed by atoms with Crippen LogP contribution in [0.5, 0.6) is 0 Å². The predicted octanol–water partition coefficient (Wildman–Crippen LogP) is 0.209. The Morgan fingerprint density at radius 1 is 1.60 bits per heavy atom. The quantitative estimate of drug-likeness (QED) is 0.576. The van der Waals surface area contributed by atoms with E-state index in [0.29, 0.717) is 0 Å². The van der Waals surface area contributed by atoms with Gasteiger partial charge in [-0.2, -0.15) is 18.6 Å². The van der Waals surface area contributed by atoms with Crippen LogP contribution in [0, 0.1) is 0 Å². The Morgan fingerprint density at radius 3 is 2.80 bits per heavy atom. The maximum absolute atomic E-state index is 11.4. The summed E-state index contributed by atoms with van der Waals surface area (Å²) in [6.45, 7) is 3.48. The number of nitrogens with two attached hydrogens (primary N) is 1. The topological polar surface area (TPSA) is 85.5 Å². The van der Waals surface area contributed by atoms with Crippen LogP contribution in [-0.4, -0.2) is 19.9 Å². The Labute approximate surface area is 88.2 Å². The summed E-state index contributed by atoms with van der Waals surface area (Å²) in [4.78, 5) is 3.88. The standard InChI is InChI=1S/C8H11N3O3S/c1-2-7-11(15(12,13)14-9)8-5-3-4-6-10-8/h2-6H,1,7,9H2. The van der Waals surface area contributed by atoms with E-state index in [-0.39, 0.29) is 12.4 Å². The summed E-state index contributed by atoms with van der Waals surface area (Å²) in [5, 5.41) is 0. The summed E-state index contributed by atoms with van der Waals surface area (Å²) >= 11 is 0. The van der Waals surface area contributed by atoms with Gasteiger partial charge in [0.1, 0.15) is 5.82 Å². The van der Waals surface area contributed by atoms with Gasteiger partial charge >= 0.3 is 10.3 Å². The lowest BCUT2D eigenvalue weighted by atomic mass is 10.4. The lowest BCUT2D eigenvalue weighted by Gasteiger charge is -2.18. The number of anilines is 1. The maximum Gasteiger partial charge on any atom is 0.379 e. The fraction of sp³-hybridized carbons (Fsp3) is 0.125. The van der Waals surface area contributed by atoms with Crippen LogP contribution in [-0.2, 0) is 14.6 Å². The normalized spacial score (nSPS) is 11.0. The summed E-state index contributed by atoms with van der Waals surface area (Å²) in [5.41, 5.74) is 0. The van der Waals surface area contributed by atoms with Crippen molar-refractivity contribution in [2.45, 2.75) is 0 Å². The first kappa shape index (κ1) is 11.6. The summed E-state index contributed by atoms with van der Waals surface area (Å²) in [6.07, 6.45) is 2.88. The van der Waals surface area contributed by atoms with E-state index in [4.69, 9.17) is 0 Å². The molecule has 6 nitrogen and oxygen atoms in total. The van der Waals surface area contributed by atoms with E-state index in [9.17, 15) is 8.42 Å². The molecule has 15 heavy (non-hydrogen) atoms. The zero-order valence-corrected chi connectivity index (χ0v) is 8.72. The van der Waals surface area contributed by atoms with Crippen LogP contribution < -0.4 is 10.2 Å². The molecule has 0 bridgehead atoms. The molecule has 7 heteroatoms. The predicted molar refractivity (Wildman–Crippen MR) is 56.0 cm³/mol. The van der Waals surface area contributed by atoms with Gasteiger partial charge in [-0.25, -0.2) is 9.29 Å². The molecule has 0 spiro atoms. The Morgan fingerprint density at radius 2 is 2.33 bits per heavy atom. The highest BCUT2D eigenvalue weighted by atomic mass is 32.2. The van der Waals surface area contributed by atoms with E-state index >= 15 is 0 Å². The summed E-state index contributed by atoms with van der Waals surface area (Å²) < 4.78 is 27.6. The average molecular weight is 229 g/mol. The van der Waals surface area contributed by atoms with E-state index in [1.807, 2.05) is 0 Å². The van der Waals surface area contributed by atoms with Crippen molar-refractivity contribution in [3.05, 3.63) is 37.1 Å². The average Bonchev–Trinajstić information content (AvgIpc) is 2.27. The van der Waals surface area contributed by atoms with Gasteiger partial charge < -0.3 is 0 Å². The highest BCUT2D eigenvalue weighted by Crippen LogP contribution is 2.13. The molecule has 0 saturated heterocycles. The largest absolute Gasteiger partial charge is 0.379 e. The van der Waals surface area contributed by atoms with E-state index in [1.54, 1.807) is 12.1 Å². The number of pyridine rings is 1. The molecule has 0 fully saturated rings. The number of rotatable bonds is 5. The van der Waals surface area contributed by atoms with Crippen LogP contribution in [0.3, 0.4) is 0 Å². The third-order valence-electron chi connectivity index (χ3n) is 1.59. The molecule has 0 atom stereocenters. The zero-order valence-electron chi connectivity index (χ0n) is 7.91. The van der Waals surface area contributed by atoms with E-state index < -0.39 is 10.3 Å². The molecule has 1 aromatic rings. The van der Waals surface area contributed by atoms with Gasteiger partial charge in [-0.15, -0.1) is 6.58 Å². The van der Waals surface area contributed by atoms with Crippen LogP contribution in [0.4, 0.5) is 5.82 Å².